The summed E-state index contributed by atoms with van der Waals surface area (Å²) in [5.74, 6) is 0.615. The van der Waals surface area contributed by atoms with Crippen LogP contribution in [-0.2, 0) is 0 Å². The molecule has 2 heterocycles. The number of hydrogen-bond acceptors (Lipinski definition) is 3. The molecule has 17 heavy (non-hydrogen) atoms. The van der Waals surface area contributed by atoms with Crippen LogP contribution in [0.1, 0.15) is 6.42 Å². The summed E-state index contributed by atoms with van der Waals surface area (Å²) in [4.78, 5) is 10.7. The second-order valence-electron chi connectivity index (χ2n) is 4.18. The molecule has 0 radical (unpaired) electrons. The van der Waals surface area contributed by atoms with Crippen molar-refractivity contribution in [2.24, 2.45) is 0 Å². The lowest BCUT2D eigenvalue weighted by Gasteiger charge is -2.15. The first kappa shape index (κ1) is 10.9. The van der Waals surface area contributed by atoms with Gasteiger partial charge in [0.2, 0.25) is 5.95 Å². The molecule has 1 aliphatic heterocycles. The van der Waals surface area contributed by atoms with E-state index in [1.165, 1.54) is 0 Å². The monoisotopic (exact) mass is 295 g/mol. The number of rotatable bonds is 1. The molecule has 0 aliphatic carbocycles. The summed E-state index contributed by atoms with van der Waals surface area (Å²) in [7, 11) is 0. The molecule has 0 saturated carbocycles. The topological polar surface area (TPSA) is 29.0 Å². The highest BCUT2D eigenvalue weighted by Crippen LogP contribution is 2.25. The van der Waals surface area contributed by atoms with E-state index in [1.54, 1.807) is 6.20 Å². The molecule has 3 nitrogen and oxygen atoms in total. The van der Waals surface area contributed by atoms with Crippen LogP contribution in [0.2, 0.25) is 0 Å². The average Bonchev–Trinajstić information content (AvgIpc) is 2.76. The van der Waals surface area contributed by atoms with Crippen LogP contribution in [0.4, 0.5) is 10.3 Å². The van der Waals surface area contributed by atoms with Crippen molar-refractivity contribution in [1.29, 1.82) is 0 Å². The van der Waals surface area contributed by atoms with Gasteiger partial charge in [0.1, 0.15) is 6.17 Å². The Morgan fingerprint density at radius 1 is 1.41 bits per heavy atom. The molecular weight excluding hydrogens is 285 g/mol. The number of nitrogens with zero attached hydrogens (tertiary/aromatic N) is 3. The van der Waals surface area contributed by atoms with E-state index in [0.717, 1.165) is 15.4 Å². The van der Waals surface area contributed by atoms with Crippen molar-refractivity contribution in [1.82, 2.24) is 9.97 Å². The van der Waals surface area contributed by atoms with E-state index in [-0.39, 0.29) is 0 Å². The zero-order chi connectivity index (χ0) is 11.8. The molecule has 0 spiro atoms. The third-order valence-electron chi connectivity index (χ3n) is 2.96. The molecule has 88 valence electrons. The molecule has 1 saturated heterocycles. The summed E-state index contributed by atoms with van der Waals surface area (Å²) in [6, 6.07) is 5.86. The quantitative estimate of drug-likeness (QED) is 0.810. The van der Waals surface area contributed by atoms with Gasteiger partial charge in [-0.15, -0.1) is 0 Å². The lowest BCUT2D eigenvalue weighted by atomic mass is 10.2. The van der Waals surface area contributed by atoms with Gasteiger partial charge in [0.25, 0.3) is 0 Å². The van der Waals surface area contributed by atoms with Gasteiger partial charge in [-0.3, -0.25) is 0 Å². The molecule has 1 aliphatic rings. The van der Waals surface area contributed by atoms with Crippen LogP contribution < -0.4 is 4.90 Å². The van der Waals surface area contributed by atoms with Crippen LogP contribution in [0, 0.1) is 0 Å². The molecule has 0 bridgehead atoms. The fourth-order valence-corrected chi connectivity index (χ4v) is 2.53. The highest BCUT2D eigenvalue weighted by atomic mass is 79.9. The molecule has 1 aromatic carbocycles. The molecular formula is C12H11BrFN3. The minimum atomic E-state index is -0.756. The smallest absolute Gasteiger partial charge is 0.226 e. The number of hydrogen-bond donors (Lipinski definition) is 0. The number of alkyl halides is 1. The van der Waals surface area contributed by atoms with Gasteiger partial charge in [-0.25, -0.2) is 14.4 Å². The Morgan fingerprint density at radius 2 is 2.29 bits per heavy atom. The van der Waals surface area contributed by atoms with Gasteiger partial charge in [0.05, 0.1) is 12.1 Å². The number of anilines is 1. The Balaban J connectivity index is 2.04. The third-order valence-corrected chi connectivity index (χ3v) is 3.60. The molecule has 0 N–H and O–H groups in total. The molecule has 1 aromatic heterocycles. The van der Waals surface area contributed by atoms with E-state index < -0.39 is 6.17 Å². The second kappa shape index (κ2) is 4.22. The zero-order valence-corrected chi connectivity index (χ0v) is 10.7. The van der Waals surface area contributed by atoms with E-state index in [1.807, 2.05) is 23.1 Å². The summed E-state index contributed by atoms with van der Waals surface area (Å²) >= 11 is 3.47. The Hall–Kier alpha value is -1.23. The van der Waals surface area contributed by atoms with Crippen LogP contribution >= 0.6 is 15.9 Å². The van der Waals surface area contributed by atoms with Crippen molar-refractivity contribution < 1.29 is 4.39 Å². The minimum absolute atomic E-state index is 0.399. The van der Waals surface area contributed by atoms with Gasteiger partial charge in [0, 0.05) is 22.6 Å². The fraction of sp³-hybridized carbons (Fsp3) is 0.333. The van der Waals surface area contributed by atoms with Crippen LogP contribution in [0.25, 0.3) is 10.9 Å². The molecule has 5 heteroatoms. The van der Waals surface area contributed by atoms with Crippen LogP contribution in [0.5, 0.6) is 0 Å². The Morgan fingerprint density at radius 3 is 3.06 bits per heavy atom. The van der Waals surface area contributed by atoms with E-state index in [2.05, 4.69) is 25.9 Å². The summed E-state index contributed by atoms with van der Waals surface area (Å²) in [5, 5.41) is 0.985. The van der Waals surface area contributed by atoms with Crippen molar-refractivity contribution in [2.75, 3.05) is 18.0 Å². The maximum Gasteiger partial charge on any atom is 0.226 e. The van der Waals surface area contributed by atoms with Crippen LogP contribution in [-0.4, -0.2) is 29.2 Å². The number of halogens is 2. The standard InChI is InChI=1S/C12H11BrFN3/c13-10-3-1-2-8-6-15-12(16-11(8)10)17-5-4-9(14)7-17/h1-3,6,9H,4-5,7H2. The summed E-state index contributed by atoms with van der Waals surface area (Å²) in [6.07, 6.45) is 1.60. The maximum atomic E-state index is 13.1. The highest BCUT2D eigenvalue weighted by molar-refractivity contribution is 9.10. The first-order chi connectivity index (χ1) is 8.24. The van der Waals surface area contributed by atoms with Crippen molar-refractivity contribution >= 4 is 32.8 Å². The predicted octanol–water partition coefficient (Wildman–Crippen LogP) is 2.94. The van der Waals surface area contributed by atoms with Crippen LogP contribution in [0.15, 0.2) is 28.9 Å². The minimum Gasteiger partial charge on any atom is -0.338 e. The Kier molecular flexibility index (Phi) is 2.70. The molecule has 1 atom stereocenters. The largest absolute Gasteiger partial charge is 0.338 e. The van der Waals surface area contributed by atoms with Gasteiger partial charge in [0.15, 0.2) is 0 Å². The van der Waals surface area contributed by atoms with Gasteiger partial charge in [-0.1, -0.05) is 12.1 Å². The SMILES string of the molecule is FC1CCN(c2ncc3cccc(Br)c3n2)C1. The number of aromatic nitrogens is 2. The van der Waals surface area contributed by atoms with E-state index >= 15 is 0 Å². The lowest BCUT2D eigenvalue weighted by Crippen LogP contribution is -2.22. The number of fused-ring (bicyclic) bond motifs is 1. The van der Waals surface area contributed by atoms with Crippen molar-refractivity contribution in [3.63, 3.8) is 0 Å². The van der Waals surface area contributed by atoms with Crippen LogP contribution in [0.3, 0.4) is 0 Å². The molecule has 2 aromatic rings. The van der Waals surface area contributed by atoms with Crippen molar-refractivity contribution in [3.8, 4) is 0 Å². The van der Waals surface area contributed by atoms with Crippen molar-refractivity contribution in [2.45, 2.75) is 12.6 Å². The van der Waals surface area contributed by atoms with Gasteiger partial charge >= 0.3 is 0 Å². The second-order valence-corrected chi connectivity index (χ2v) is 5.03. The summed E-state index contributed by atoms with van der Waals surface area (Å²) in [6.45, 7) is 1.09. The third kappa shape index (κ3) is 1.99. The molecule has 1 fully saturated rings. The summed E-state index contributed by atoms with van der Waals surface area (Å²) in [5.41, 5.74) is 0.875. The predicted molar refractivity (Wildman–Crippen MR) is 69.0 cm³/mol. The van der Waals surface area contributed by atoms with Gasteiger partial charge < -0.3 is 4.90 Å². The first-order valence-electron chi connectivity index (χ1n) is 5.54. The van der Waals surface area contributed by atoms with E-state index in [0.29, 0.717) is 25.5 Å². The zero-order valence-electron chi connectivity index (χ0n) is 9.11. The number of benzene rings is 1. The van der Waals surface area contributed by atoms with E-state index in [9.17, 15) is 4.39 Å². The Labute approximate surface area is 107 Å². The average molecular weight is 296 g/mol. The maximum absolute atomic E-state index is 13.1. The lowest BCUT2D eigenvalue weighted by molar-refractivity contribution is 0.364. The van der Waals surface area contributed by atoms with Gasteiger partial charge in [-0.05, 0) is 28.4 Å². The Bertz CT molecular complexity index is 560. The fourth-order valence-electron chi connectivity index (χ4n) is 2.06. The molecule has 1 unspecified atom stereocenters. The number of para-hydroxylation sites is 1. The summed E-state index contributed by atoms with van der Waals surface area (Å²) < 4.78 is 14.1. The van der Waals surface area contributed by atoms with Gasteiger partial charge in [-0.2, -0.15) is 0 Å². The van der Waals surface area contributed by atoms with E-state index in [4.69, 9.17) is 0 Å². The molecule has 0 amide bonds. The van der Waals surface area contributed by atoms with Crippen molar-refractivity contribution in [3.05, 3.63) is 28.9 Å². The molecule has 3 rings (SSSR count). The normalized spacial score (nSPS) is 20.1. The highest BCUT2D eigenvalue weighted by Gasteiger charge is 2.23. The first-order valence-corrected chi connectivity index (χ1v) is 6.33.